The SMILES string of the molecule is C[C@@H](O)CNC(=O)N1CC(OCc2ccc(Cl)cc2)C1. The highest BCUT2D eigenvalue weighted by atomic mass is 35.5. The first-order chi connectivity index (χ1) is 9.54. The third kappa shape index (κ3) is 4.37. The van der Waals surface area contributed by atoms with E-state index in [4.69, 9.17) is 21.4 Å². The third-order valence-corrected chi connectivity index (χ3v) is 3.33. The van der Waals surface area contributed by atoms with E-state index in [0.29, 0.717) is 24.7 Å². The molecule has 1 fully saturated rings. The Balaban J connectivity index is 1.64. The summed E-state index contributed by atoms with van der Waals surface area (Å²) < 4.78 is 5.70. The van der Waals surface area contributed by atoms with Gasteiger partial charge in [0.15, 0.2) is 0 Å². The Kier molecular flexibility index (Phi) is 5.23. The highest BCUT2D eigenvalue weighted by Crippen LogP contribution is 2.15. The number of ether oxygens (including phenoxy) is 1. The Hall–Kier alpha value is -1.30. The molecular formula is C14H19ClN2O3. The van der Waals surface area contributed by atoms with Gasteiger partial charge in [-0.1, -0.05) is 23.7 Å². The van der Waals surface area contributed by atoms with Crippen molar-refractivity contribution < 1.29 is 14.6 Å². The molecule has 1 saturated heterocycles. The average Bonchev–Trinajstić information content (AvgIpc) is 2.36. The van der Waals surface area contributed by atoms with Crippen LogP contribution in [0, 0.1) is 0 Å². The number of halogens is 1. The molecule has 1 aliphatic rings. The maximum absolute atomic E-state index is 11.6. The first-order valence-corrected chi connectivity index (χ1v) is 6.99. The molecule has 0 aliphatic carbocycles. The highest BCUT2D eigenvalue weighted by Gasteiger charge is 2.31. The van der Waals surface area contributed by atoms with Gasteiger partial charge in [0, 0.05) is 11.6 Å². The van der Waals surface area contributed by atoms with Gasteiger partial charge in [-0.2, -0.15) is 0 Å². The van der Waals surface area contributed by atoms with Crippen LogP contribution in [-0.4, -0.2) is 47.9 Å². The van der Waals surface area contributed by atoms with Gasteiger partial charge >= 0.3 is 6.03 Å². The fraction of sp³-hybridized carbons (Fsp3) is 0.500. The summed E-state index contributed by atoms with van der Waals surface area (Å²) in [6, 6.07) is 7.35. The molecule has 1 atom stereocenters. The summed E-state index contributed by atoms with van der Waals surface area (Å²) in [4.78, 5) is 13.3. The summed E-state index contributed by atoms with van der Waals surface area (Å²) in [5.41, 5.74) is 1.06. The topological polar surface area (TPSA) is 61.8 Å². The molecule has 0 spiro atoms. The molecule has 1 aliphatic heterocycles. The molecule has 0 radical (unpaired) electrons. The molecule has 0 bridgehead atoms. The number of nitrogens with zero attached hydrogens (tertiary/aromatic N) is 1. The molecule has 2 amide bonds. The predicted octanol–water partition coefficient (Wildman–Crippen LogP) is 1.63. The van der Waals surface area contributed by atoms with Gasteiger partial charge < -0.3 is 20.1 Å². The minimum absolute atomic E-state index is 0.0722. The number of aliphatic hydroxyl groups excluding tert-OH is 1. The van der Waals surface area contributed by atoms with E-state index < -0.39 is 6.10 Å². The lowest BCUT2D eigenvalue weighted by Gasteiger charge is -2.38. The smallest absolute Gasteiger partial charge is 0.317 e. The molecular weight excluding hydrogens is 280 g/mol. The maximum atomic E-state index is 11.6. The predicted molar refractivity (Wildman–Crippen MR) is 76.7 cm³/mol. The van der Waals surface area contributed by atoms with E-state index in [0.717, 1.165) is 5.56 Å². The quantitative estimate of drug-likeness (QED) is 0.868. The van der Waals surface area contributed by atoms with Gasteiger partial charge in [0.05, 0.1) is 31.9 Å². The van der Waals surface area contributed by atoms with Gasteiger partial charge in [-0.05, 0) is 24.6 Å². The number of rotatable bonds is 5. The number of carbonyl (C=O) groups excluding carboxylic acids is 1. The van der Waals surface area contributed by atoms with Crippen molar-refractivity contribution >= 4 is 17.6 Å². The van der Waals surface area contributed by atoms with Crippen LogP contribution in [0.1, 0.15) is 12.5 Å². The van der Waals surface area contributed by atoms with Gasteiger partial charge in [0.2, 0.25) is 0 Å². The van der Waals surface area contributed by atoms with Crippen molar-refractivity contribution in [1.29, 1.82) is 0 Å². The van der Waals surface area contributed by atoms with Crippen LogP contribution in [0.3, 0.4) is 0 Å². The molecule has 6 heteroatoms. The van der Waals surface area contributed by atoms with E-state index in [1.54, 1.807) is 11.8 Å². The van der Waals surface area contributed by atoms with E-state index in [1.165, 1.54) is 0 Å². The lowest BCUT2D eigenvalue weighted by Crippen LogP contribution is -2.58. The molecule has 2 rings (SSSR count). The minimum atomic E-state index is -0.530. The molecule has 0 aromatic heterocycles. The van der Waals surface area contributed by atoms with E-state index in [1.807, 2.05) is 24.3 Å². The first-order valence-electron chi connectivity index (χ1n) is 6.61. The lowest BCUT2D eigenvalue weighted by molar-refractivity contribution is -0.0444. The third-order valence-electron chi connectivity index (χ3n) is 3.08. The van der Waals surface area contributed by atoms with E-state index in [9.17, 15) is 4.79 Å². The standard InChI is InChI=1S/C14H19ClN2O3/c1-10(18)6-16-14(19)17-7-13(8-17)20-9-11-2-4-12(15)5-3-11/h2-5,10,13,18H,6-9H2,1H3,(H,16,19)/t10-/m1/s1. The van der Waals surface area contributed by atoms with Crippen LogP contribution in [0.2, 0.25) is 5.02 Å². The van der Waals surface area contributed by atoms with Gasteiger partial charge in [-0.25, -0.2) is 4.79 Å². The lowest BCUT2D eigenvalue weighted by atomic mass is 10.2. The normalized spacial score (nSPS) is 16.6. The zero-order valence-corrected chi connectivity index (χ0v) is 12.1. The second-order valence-electron chi connectivity index (χ2n) is 5.00. The van der Waals surface area contributed by atoms with Crippen LogP contribution in [-0.2, 0) is 11.3 Å². The zero-order valence-electron chi connectivity index (χ0n) is 11.4. The maximum Gasteiger partial charge on any atom is 0.317 e. The molecule has 2 N–H and O–H groups in total. The Bertz CT molecular complexity index is 444. The van der Waals surface area contributed by atoms with E-state index in [-0.39, 0.29) is 18.7 Å². The number of amides is 2. The zero-order chi connectivity index (χ0) is 14.5. The fourth-order valence-electron chi connectivity index (χ4n) is 1.85. The second-order valence-corrected chi connectivity index (χ2v) is 5.44. The molecule has 110 valence electrons. The molecule has 5 nitrogen and oxygen atoms in total. The van der Waals surface area contributed by atoms with Gasteiger partial charge in [-0.15, -0.1) is 0 Å². The highest BCUT2D eigenvalue weighted by molar-refractivity contribution is 6.30. The molecule has 1 aromatic carbocycles. The minimum Gasteiger partial charge on any atom is -0.392 e. The van der Waals surface area contributed by atoms with Gasteiger partial charge in [-0.3, -0.25) is 0 Å². The van der Waals surface area contributed by atoms with Gasteiger partial charge in [0.25, 0.3) is 0 Å². The largest absolute Gasteiger partial charge is 0.392 e. The monoisotopic (exact) mass is 298 g/mol. The molecule has 0 unspecified atom stereocenters. The summed E-state index contributed by atoms with van der Waals surface area (Å²) in [6.07, 6.45) is -0.458. The molecule has 0 saturated carbocycles. The number of hydrogen-bond acceptors (Lipinski definition) is 3. The molecule has 1 aromatic rings. The number of benzene rings is 1. The van der Waals surface area contributed by atoms with Crippen molar-refractivity contribution in [2.45, 2.75) is 25.7 Å². The van der Waals surface area contributed by atoms with Crippen LogP contribution in [0.25, 0.3) is 0 Å². The molecule has 1 heterocycles. The summed E-state index contributed by atoms with van der Waals surface area (Å²) in [6.45, 7) is 3.59. The summed E-state index contributed by atoms with van der Waals surface area (Å²) >= 11 is 5.81. The number of carbonyl (C=O) groups is 1. The Morgan fingerprint density at radius 1 is 1.50 bits per heavy atom. The summed E-state index contributed by atoms with van der Waals surface area (Å²) in [5.74, 6) is 0. The van der Waals surface area contributed by atoms with Crippen molar-refractivity contribution in [2.75, 3.05) is 19.6 Å². The van der Waals surface area contributed by atoms with Crippen LogP contribution in [0.5, 0.6) is 0 Å². The van der Waals surface area contributed by atoms with E-state index in [2.05, 4.69) is 5.32 Å². The number of aliphatic hydroxyl groups is 1. The van der Waals surface area contributed by atoms with Crippen molar-refractivity contribution in [2.24, 2.45) is 0 Å². The van der Waals surface area contributed by atoms with Crippen LogP contribution >= 0.6 is 11.6 Å². The number of nitrogens with one attached hydrogen (secondary N) is 1. The van der Waals surface area contributed by atoms with Crippen molar-refractivity contribution in [3.63, 3.8) is 0 Å². The van der Waals surface area contributed by atoms with Crippen LogP contribution in [0.4, 0.5) is 4.79 Å². The first kappa shape index (κ1) is 15.1. The Morgan fingerprint density at radius 3 is 2.75 bits per heavy atom. The summed E-state index contributed by atoms with van der Waals surface area (Å²) in [7, 11) is 0. The van der Waals surface area contributed by atoms with Crippen molar-refractivity contribution in [3.8, 4) is 0 Å². The average molecular weight is 299 g/mol. The van der Waals surface area contributed by atoms with Crippen molar-refractivity contribution in [3.05, 3.63) is 34.9 Å². The van der Waals surface area contributed by atoms with Crippen molar-refractivity contribution in [1.82, 2.24) is 10.2 Å². The Labute approximate surface area is 123 Å². The number of urea groups is 1. The number of hydrogen-bond donors (Lipinski definition) is 2. The Morgan fingerprint density at radius 2 is 2.15 bits per heavy atom. The van der Waals surface area contributed by atoms with Gasteiger partial charge in [0.1, 0.15) is 0 Å². The molecule has 20 heavy (non-hydrogen) atoms. The fourth-order valence-corrected chi connectivity index (χ4v) is 1.98. The van der Waals surface area contributed by atoms with Crippen LogP contribution in [0.15, 0.2) is 24.3 Å². The number of likely N-dealkylation sites (tertiary alicyclic amines) is 1. The van der Waals surface area contributed by atoms with E-state index >= 15 is 0 Å². The van der Waals surface area contributed by atoms with Crippen LogP contribution < -0.4 is 5.32 Å². The second kappa shape index (κ2) is 6.92. The summed E-state index contributed by atoms with van der Waals surface area (Å²) in [5, 5.41) is 12.4.